The van der Waals surface area contributed by atoms with E-state index in [2.05, 4.69) is 22.3 Å². The molecule has 1 N–H and O–H groups in total. The standard InChI is InChI=1S/C25H27N3O5.ClH/c29-22-7-5-19-14-28(21-6-8-23(30)26-25(21)31)15-20(19)24(22)33-16-18-3-1-17(2-4-18)13-27-9-11-32-12-10-27;/h1-5,7,14,21H,6,8-13,15-16H2,(H,26,30,31);1H. The molecule has 34 heavy (non-hydrogen) atoms. The number of carbonyl (C=O) groups excluding carboxylic acids is 3. The summed E-state index contributed by atoms with van der Waals surface area (Å²) in [5.74, 6) is -0.376. The van der Waals surface area contributed by atoms with E-state index in [-0.39, 0.29) is 30.0 Å². The number of allylic oxidation sites excluding steroid dienone is 2. The third kappa shape index (κ3) is 5.24. The number of amides is 2. The molecule has 0 spiro atoms. The zero-order valence-electron chi connectivity index (χ0n) is 18.8. The number of morpholine rings is 1. The highest BCUT2D eigenvalue weighted by atomic mass is 35.5. The van der Waals surface area contributed by atoms with Gasteiger partial charge in [-0.25, -0.2) is 0 Å². The lowest BCUT2D eigenvalue weighted by atomic mass is 10.00. The number of piperidine rings is 1. The van der Waals surface area contributed by atoms with E-state index < -0.39 is 6.04 Å². The molecule has 2 amide bonds. The van der Waals surface area contributed by atoms with Gasteiger partial charge in [0.05, 0.1) is 13.2 Å². The summed E-state index contributed by atoms with van der Waals surface area (Å²) in [5.41, 5.74) is 3.88. The molecule has 4 aliphatic rings. The zero-order valence-corrected chi connectivity index (χ0v) is 19.6. The summed E-state index contributed by atoms with van der Waals surface area (Å²) < 4.78 is 11.4. The monoisotopic (exact) mass is 485 g/mol. The van der Waals surface area contributed by atoms with Crippen molar-refractivity contribution in [2.75, 3.05) is 32.8 Å². The highest BCUT2D eigenvalue weighted by molar-refractivity contribution is 6.06. The molecule has 180 valence electrons. The Bertz CT molecular complexity index is 1060. The average Bonchev–Trinajstić information content (AvgIpc) is 3.24. The predicted octanol–water partition coefficient (Wildman–Crippen LogP) is 1.85. The first-order chi connectivity index (χ1) is 16.1. The summed E-state index contributed by atoms with van der Waals surface area (Å²) in [7, 11) is 0. The highest BCUT2D eigenvalue weighted by Crippen LogP contribution is 2.32. The quantitative estimate of drug-likeness (QED) is 0.615. The van der Waals surface area contributed by atoms with Crippen LogP contribution in [0.25, 0.3) is 0 Å². The molecule has 9 heteroatoms. The van der Waals surface area contributed by atoms with Gasteiger partial charge < -0.3 is 14.4 Å². The maximum Gasteiger partial charge on any atom is 0.249 e. The van der Waals surface area contributed by atoms with Gasteiger partial charge in [-0.3, -0.25) is 24.6 Å². The van der Waals surface area contributed by atoms with Gasteiger partial charge in [-0.1, -0.05) is 24.3 Å². The molecule has 1 aliphatic carbocycles. The highest BCUT2D eigenvalue weighted by Gasteiger charge is 2.36. The largest absolute Gasteiger partial charge is 0.484 e. The average molecular weight is 486 g/mol. The van der Waals surface area contributed by atoms with Crippen LogP contribution >= 0.6 is 12.4 Å². The van der Waals surface area contributed by atoms with E-state index in [0.717, 1.165) is 49.6 Å². The van der Waals surface area contributed by atoms with Gasteiger partial charge in [0.2, 0.25) is 17.6 Å². The minimum absolute atomic E-state index is 0. The summed E-state index contributed by atoms with van der Waals surface area (Å²) >= 11 is 0. The van der Waals surface area contributed by atoms with E-state index in [1.54, 1.807) is 6.08 Å². The predicted molar refractivity (Wildman–Crippen MR) is 127 cm³/mol. The topological polar surface area (TPSA) is 88.2 Å². The molecule has 0 saturated carbocycles. The smallest absolute Gasteiger partial charge is 0.249 e. The van der Waals surface area contributed by atoms with Crippen molar-refractivity contribution in [1.82, 2.24) is 15.1 Å². The van der Waals surface area contributed by atoms with E-state index >= 15 is 0 Å². The molecule has 0 aromatic heterocycles. The molecular weight excluding hydrogens is 458 g/mol. The zero-order chi connectivity index (χ0) is 22.8. The first-order valence-corrected chi connectivity index (χ1v) is 11.3. The van der Waals surface area contributed by atoms with Gasteiger partial charge >= 0.3 is 0 Å². The summed E-state index contributed by atoms with van der Waals surface area (Å²) in [6, 6.07) is 7.84. The normalized spacial score (nSPS) is 22.8. The summed E-state index contributed by atoms with van der Waals surface area (Å²) in [6.07, 6.45) is 5.92. The van der Waals surface area contributed by atoms with Crippen molar-refractivity contribution in [1.29, 1.82) is 0 Å². The van der Waals surface area contributed by atoms with Crippen LogP contribution in [-0.2, 0) is 37.0 Å². The van der Waals surface area contributed by atoms with E-state index in [9.17, 15) is 14.4 Å². The van der Waals surface area contributed by atoms with Crippen LogP contribution < -0.4 is 5.32 Å². The molecule has 3 aliphatic heterocycles. The number of hydrogen-bond acceptors (Lipinski definition) is 7. The Hall–Kier alpha value is -2.94. The number of ether oxygens (including phenoxy) is 2. The van der Waals surface area contributed by atoms with Gasteiger partial charge in [-0.2, -0.15) is 0 Å². The number of benzene rings is 1. The number of rotatable bonds is 6. The Morgan fingerprint density at radius 3 is 2.50 bits per heavy atom. The lowest BCUT2D eigenvalue weighted by molar-refractivity contribution is -0.136. The van der Waals surface area contributed by atoms with Crippen LogP contribution in [0.3, 0.4) is 0 Å². The van der Waals surface area contributed by atoms with Crippen LogP contribution in [0.1, 0.15) is 24.0 Å². The molecule has 0 bridgehead atoms. The maximum atomic E-state index is 12.6. The number of nitrogens with one attached hydrogen (secondary N) is 1. The fourth-order valence-corrected chi connectivity index (χ4v) is 4.58. The first kappa shape index (κ1) is 24.2. The Morgan fingerprint density at radius 1 is 1.03 bits per heavy atom. The Labute approximate surface area is 204 Å². The minimum atomic E-state index is -0.419. The lowest BCUT2D eigenvalue weighted by Crippen LogP contribution is -2.50. The Morgan fingerprint density at radius 2 is 1.76 bits per heavy atom. The second-order valence-electron chi connectivity index (χ2n) is 8.72. The number of ketones is 1. The van der Waals surface area contributed by atoms with Crippen molar-refractivity contribution < 1.29 is 23.9 Å². The molecule has 2 fully saturated rings. The second kappa shape index (κ2) is 10.5. The van der Waals surface area contributed by atoms with Crippen LogP contribution in [0.2, 0.25) is 0 Å². The molecule has 5 rings (SSSR count). The van der Waals surface area contributed by atoms with E-state index in [4.69, 9.17) is 9.47 Å². The molecule has 1 aromatic rings. The van der Waals surface area contributed by atoms with Crippen LogP contribution in [0, 0.1) is 0 Å². The van der Waals surface area contributed by atoms with Crippen molar-refractivity contribution >= 4 is 30.0 Å². The Kier molecular flexibility index (Phi) is 7.50. The van der Waals surface area contributed by atoms with E-state index in [1.165, 1.54) is 11.6 Å². The van der Waals surface area contributed by atoms with Crippen molar-refractivity contribution in [3.63, 3.8) is 0 Å². The summed E-state index contributed by atoms with van der Waals surface area (Å²) in [5, 5.41) is 2.39. The minimum Gasteiger partial charge on any atom is -0.484 e. The van der Waals surface area contributed by atoms with E-state index in [0.29, 0.717) is 31.8 Å². The lowest BCUT2D eigenvalue weighted by Gasteiger charge is -2.29. The van der Waals surface area contributed by atoms with Crippen molar-refractivity contribution in [2.24, 2.45) is 0 Å². The summed E-state index contributed by atoms with van der Waals surface area (Å²) in [4.78, 5) is 40.6. The van der Waals surface area contributed by atoms with Crippen molar-refractivity contribution in [2.45, 2.75) is 32.0 Å². The van der Waals surface area contributed by atoms with Crippen molar-refractivity contribution in [3.05, 3.63) is 70.6 Å². The van der Waals surface area contributed by atoms with Crippen LogP contribution in [0.4, 0.5) is 0 Å². The van der Waals surface area contributed by atoms with Crippen LogP contribution in [-0.4, -0.2) is 66.3 Å². The molecule has 3 heterocycles. The Balaban J connectivity index is 0.00000274. The maximum absolute atomic E-state index is 12.6. The number of hydrogen-bond donors (Lipinski definition) is 1. The molecule has 2 saturated heterocycles. The number of halogens is 1. The molecule has 1 atom stereocenters. The van der Waals surface area contributed by atoms with Crippen LogP contribution in [0.5, 0.6) is 0 Å². The molecule has 8 nitrogen and oxygen atoms in total. The molecule has 1 aromatic carbocycles. The number of imide groups is 1. The SMILES string of the molecule is Cl.O=C1CCC(N2C=C3C=CC(=O)C(OCc4ccc(CN5CCOCC5)cc4)=C3C2)C(=O)N1. The van der Waals surface area contributed by atoms with E-state index in [1.807, 2.05) is 23.2 Å². The third-order valence-electron chi connectivity index (χ3n) is 6.43. The summed E-state index contributed by atoms with van der Waals surface area (Å²) in [6.45, 7) is 5.06. The fraction of sp³-hybridized carbons (Fsp3) is 0.400. The van der Waals surface area contributed by atoms with Gasteiger partial charge in [0.25, 0.3) is 0 Å². The number of fused-ring (bicyclic) bond motifs is 1. The third-order valence-corrected chi connectivity index (χ3v) is 6.43. The number of nitrogens with zero attached hydrogens (tertiary/aromatic N) is 2. The molecule has 0 radical (unpaired) electrons. The van der Waals surface area contributed by atoms with Gasteiger partial charge in [0.1, 0.15) is 12.6 Å². The van der Waals surface area contributed by atoms with Gasteiger partial charge in [-0.15, -0.1) is 12.4 Å². The fourth-order valence-electron chi connectivity index (χ4n) is 4.58. The molecular formula is C25H28ClN3O5. The second-order valence-corrected chi connectivity index (χ2v) is 8.72. The van der Waals surface area contributed by atoms with Crippen molar-refractivity contribution in [3.8, 4) is 0 Å². The number of carbonyl (C=O) groups is 3. The first-order valence-electron chi connectivity index (χ1n) is 11.3. The van der Waals surface area contributed by atoms with Gasteiger partial charge in [0.15, 0.2) is 5.76 Å². The van der Waals surface area contributed by atoms with Gasteiger partial charge in [0, 0.05) is 44.4 Å². The molecule has 1 unspecified atom stereocenters. The van der Waals surface area contributed by atoms with Gasteiger partial charge in [-0.05, 0) is 35.3 Å². The van der Waals surface area contributed by atoms with Crippen LogP contribution in [0.15, 0.2) is 59.5 Å².